The van der Waals surface area contributed by atoms with E-state index in [4.69, 9.17) is 37.5 Å². The molecule has 1 aliphatic carbocycles. The van der Waals surface area contributed by atoms with Gasteiger partial charge in [0.15, 0.2) is 11.6 Å². The van der Waals surface area contributed by atoms with Crippen LogP contribution < -0.4 is 34.7 Å². The maximum atomic E-state index is 11.9. The van der Waals surface area contributed by atoms with Crippen LogP contribution in [0, 0.1) is 25.7 Å². The maximum Gasteiger partial charge on any atom is 1.00 e. The standard InChI is InChI=1S/C16H18ClNO4S.C12H14ClNOS.C4H8O2.CO2.Na/c1-9-5-12(17)15(18-8-9)23-4-3-10-6-11(19)7-13(20)14(10)16(21)22-2;1-9-7-11(13)12(14-8-9)16-6-4-3-5-10(2)15;1-3-4(5)6-2;2-1-3;/h5,7-8,10,14,20H,3-4,6H2,1-2H3;3,5,7-8H,4,6H2,1-2H3;3H2,1-2H3;;/q;;;;+1/p-1/b;5-3+;;;. The molecule has 0 fully saturated rings. The third-order valence-electron chi connectivity index (χ3n) is 6.01. The molecule has 0 N–H and O–H groups in total. The van der Waals surface area contributed by atoms with Crippen LogP contribution in [0.3, 0.4) is 0 Å². The number of halogens is 2. The number of esters is 2. The minimum Gasteiger partial charge on any atom is -0.875 e. The molecule has 0 amide bonds. The van der Waals surface area contributed by atoms with E-state index in [1.165, 1.54) is 26.0 Å². The molecule has 3 rings (SSSR count). The minimum atomic E-state index is -0.889. The molecule has 2 atom stereocenters. The smallest absolute Gasteiger partial charge is 0.875 e. The van der Waals surface area contributed by atoms with Crippen LogP contribution in [-0.2, 0) is 38.2 Å². The Morgan fingerprint density at radius 2 is 1.51 bits per heavy atom. The predicted octanol–water partition coefficient (Wildman–Crippen LogP) is 2.81. The average molecular weight is 766 g/mol. The summed E-state index contributed by atoms with van der Waals surface area (Å²) in [7, 11) is 2.62. The van der Waals surface area contributed by atoms with E-state index in [9.17, 15) is 24.3 Å². The number of allylic oxidation sites excluding steroid dienone is 3. The molecule has 2 unspecified atom stereocenters. The number of thioether (sulfide) groups is 2. The van der Waals surface area contributed by atoms with Gasteiger partial charge < -0.3 is 14.6 Å². The second kappa shape index (κ2) is 28.2. The molecule has 49 heavy (non-hydrogen) atoms. The first kappa shape index (κ1) is 48.6. The van der Waals surface area contributed by atoms with E-state index in [2.05, 4.69) is 14.7 Å². The van der Waals surface area contributed by atoms with Crippen LogP contribution in [0.25, 0.3) is 0 Å². The van der Waals surface area contributed by atoms with Gasteiger partial charge in [-0.15, -0.1) is 29.3 Å². The van der Waals surface area contributed by atoms with Gasteiger partial charge in [-0.1, -0.05) is 36.2 Å². The molecule has 11 nitrogen and oxygen atoms in total. The van der Waals surface area contributed by atoms with Crippen LogP contribution in [0.4, 0.5) is 0 Å². The van der Waals surface area contributed by atoms with Crippen molar-refractivity contribution < 1.29 is 72.9 Å². The van der Waals surface area contributed by atoms with E-state index in [0.29, 0.717) is 33.7 Å². The van der Waals surface area contributed by atoms with Crippen LogP contribution in [0.1, 0.15) is 50.7 Å². The number of hydrogen-bond donors (Lipinski definition) is 0. The van der Waals surface area contributed by atoms with Gasteiger partial charge in [0.25, 0.3) is 0 Å². The molecular formula is C33H39Cl2N2NaO9S2. The number of hydrogen-bond acceptors (Lipinski definition) is 13. The third kappa shape index (κ3) is 21.4. The summed E-state index contributed by atoms with van der Waals surface area (Å²) in [5.74, 6) is -1.12. The first-order chi connectivity index (χ1) is 22.7. The summed E-state index contributed by atoms with van der Waals surface area (Å²) in [6, 6.07) is 3.74. The number of pyridine rings is 2. The number of ketones is 2. The second-order valence-electron chi connectivity index (χ2n) is 9.88. The summed E-state index contributed by atoms with van der Waals surface area (Å²) < 4.78 is 8.95. The van der Waals surface area contributed by atoms with E-state index in [-0.39, 0.29) is 65.6 Å². The van der Waals surface area contributed by atoms with Gasteiger partial charge in [0.2, 0.25) is 0 Å². The van der Waals surface area contributed by atoms with Gasteiger partial charge in [0.05, 0.1) is 30.2 Å². The Labute approximate surface area is 327 Å². The molecule has 0 aliphatic heterocycles. The Morgan fingerprint density at radius 1 is 1.00 bits per heavy atom. The van der Waals surface area contributed by atoms with E-state index in [1.807, 2.05) is 32.1 Å². The summed E-state index contributed by atoms with van der Waals surface area (Å²) in [4.78, 5) is 68.8. The molecule has 262 valence electrons. The van der Waals surface area contributed by atoms with Crippen molar-refractivity contribution in [2.75, 3.05) is 25.7 Å². The number of nitrogens with zero attached hydrogens (tertiary/aromatic N) is 2. The quantitative estimate of drug-likeness (QED) is 0.108. The molecule has 0 radical (unpaired) electrons. The van der Waals surface area contributed by atoms with Gasteiger partial charge in [-0.05, 0) is 80.7 Å². The number of carbonyl (C=O) groups is 4. The number of aryl methyl sites for hydroxylation is 2. The Bertz CT molecular complexity index is 1460. The van der Waals surface area contributed by atoms with E-state index < -0.39 is 17.6 Å². The van der Waals surface area contributed by atoms with Crippen molar-refractivity contribution in [2.45, 2.75) is 63.4 Å². The second-order valence-corrected chi connectivity index (χ2v) is 12.9. The largest absolute Gasteiger partial charge is 1.00 e. The third-order valence-corrected chi connectivity index (χ3v) is 8.89. The van der Waals surface area contributed by atoms with Crippen LogP contribution >= 0.6 is 46.7 Å². The fourth-order valence-electron chi connectivity index (χ4n) is 3.80. The molecule has 2 heterocycles. The van der Waals surface area contributed by atoms with Gasteiger partial charge >= 0.3 is 47.6 Å². The van der Waals surface area contributed by atoms with Crippen LogP contribution in [0.15, 0.2) is 58.6 Å². The van der Waals surface area contributed by atoms with Crippen molar-refractivity contribution in [3.05, 3.63) is 69.7 Å². The zero-order valence-electron chi connectivity index (χ0n) is 28.6. The molecular weight excluding hydrogens is 726 g/mol. The zero-order chi connectivity index (χ0) is 36.6. The summed E-state index contributed by atoms with van der Waals surface area (Å²) in [6.45, 7) is 7.17. The summed E-state index contributed by atoms with van der Waals surface area (Å²) in [6.07, 6.45) is 10.3. The van der Waals surface area contributed by atoms with Gasteiger partial charge in [-0.3, -0.25) is 19.2 Å². The molecule has 0 saturated carbocycles. The van der Waals surface area contributed by atoms with E-state index in [0.717, 1.165) is 34.4 Å². The van der Waals surface area contributed by atoms with Gasteiger partial charge in [0, 0.05) is 31.0 Å². The fourth-order valence-corrected chi connectivity index (χ4v) is 6.28. The first-order valence-electron chi connectivity index (χ1n) is 14.5. The molecule has 1 aliphatic rings. The topological polar surface area (TPSA) is 170 Å². The Hall–Kier alpha value is -2.48. The first-order valence-corrected chi connectivity index (χ1v) is 17.2. The Balaban J connectivity index is 0. The van der Waals surface area contributed by atoms with Crippen LogP contribution in [-0.4, -0.2) is 65.3 Å². The van der Waals surface area contributed by atoms with Crippen molar-refractivity contribution in [3.8, 4) is 0 Å². The molecule has 0 aromatic carbocycles. The van der Waals surface area contributed by atoms with Crippen LogP contribution in [0.5, 0.6) is 0 Å². The number of methoxy groups -OCH3 is 2. The SMILES string of the molecule is CC(=O)/C=C/CCSc1ncc(C)cc1Cl.CCC(=O)OC.COC(=O)C1C([O-])=CC(=O)CC1CCSc1ncc(C)cc1Cl.O=C=O.[Na+]. The maximum absolute atomic E-state index is 11.9. The number of aromatic nitrogens is 2. The predicted molar refractivity (Wildman–Crippen MR) is 182 cm³/mol. The van der Waals surface area contributed by atoms with Gasteiger partial charge in [-0.2, -0.15) is 9.59 Å². The normalized spacial score (nSPS) is 14.5. The average Bonchev–Trinajstić information content (AvgIpc) is 3.02. The summed E-state index contributed by atoms with van der Waals surface area (Å²) in [5.41, 5.74) is 2.04. The number of ether oxygens (including phenoxy) is 2. The van der Waals surface area contributed by atoms with Gasteiger partial charge in [-0.25, -0.2) is 9.97 Å². The zero-order valence-corrected chi connectivity index (χ0v) is 33.7. The Kier molecular flexibility index (Phi) is 28.0. The van der Waals surface area contributed by atoms with Crippen molar-refractivity contribution >= 4 is 76.4 Å². The molecule has 16 heteroatoms. The summed E-state index contributed by atoms with van der Waals surface area (Å²) >= 11 is 15.2. The molecule has 2 aromatic rings. The number of carbonyl (C=O) groups excluding carboxylic acids is 6. The summed E-state index contributed by atoms with van der Waals surface area (Å²) in [5, 5.41) is 14.7. The molecule has 2 aromatic heterocycles. The van der Waals surface area contributed by atoms with Gasteiger partial charge in [0.1, 0.15) is 10.1 Å². The monoisotopic (exact) mass is 764 g/mol. The van der Waals surface area contributed by atoms with Crippen molar-refractivity contribution in [1.29, 1.82) is 0 Å². The van der Waals surface area contributed by atoms with Crippen molar-refractivity contribution in [2.24, 2.45) is 11.8 Å². The Morgan fingerprint density at radius 3 is 1.92 bits per heavy atom. The fraction of sp³-hybridized carbons (Fsp3) is 0.424. The van der Waals surface area contributed by atoms with Crippen LogP contribution in [0.2, 0.25) is 10.0 Å². The van der Waals surface area contributed by atoms with E-state index >= 15 is 0 Å². The van der Waals surface area contributed by atoms with E-state index in [1.54, 1.807) is 44.1 Å². The van der Waals surface area contributed by atoms with Crippen molar-refractivity contribution in [1.82, 2.24) is 9.97 Å². The molecule has 0 bridgehead atoms. The number of rotatable bonds is 11. The molecule has 0 saturated heterocycles. The minimum absolute atomic E-state index is 0. The molecule has 0 spiro atoms. The van der Waals surface area contributed by atoms with Crippen molar-refractivity contribution in [3.63, 3.8) is 0 Å².